The first-order valence-corrected chi connectivity index (χ1v) is 41.9. The van der Waals surface area contributed by atoms with Gasteiger partial charge in [0.25, 0.3) is 17.7 Å². The van der Waals surface area contributed by atoms with E-state index >= 15 is 0 Å². The Labute approximate surface area is 661 Å². The highest BCUT2D eigenvalue weighted by atomic mass is 32.2. The molecule has 5 amide bonds. The third-order valence-corrected chi connectivity index (χ3v) is 23.2. The Hall–Kier alpha value is -9.42. The van der Waals surface area contributed by atoms with E-state index in [0.717, 1.165) is 116 Å². The van der Waals surface area contributed by atoms with Gasteiger partial charge in [0.05, 0.1) is 11.8 Å². The van der Waals surface area contributed by atoms with Gasteiger partial charge in [0.15, 0.2) is 5.76 Å². The summed E-state index contributed by atoms with van der Waals surface area (Å²) >= 11 is 0. The molecule has 9 aliphatic rings. The van der Waals surface area contributed by atoms with Gasteiger partial charge in [-0.2, -0.15) is 8.42 Å². The molecule has 6 atom stereocenters. The van der Waals surface area contributed by atoms with Gasteiger partial charge in [-0.1, -0.05) is 84.9 Å². The van der Waals surface area contributed by atoms with Crippen molar-refractivity contribution in [2.75, 3.05) is 45.5 Å². The van der Waals surface area contributed by atoms with E-state index in [1.807, 2.05) is 175 Å². The molecule has 596 valence electrons. The van der Waals surface area contributed by atoms with Gasteiger partial charge in [0.2, 0.25) is 0 Å². The fraction of sp³-hybridized carbons (Fsp3) is 0.472. The van der Waals surface area contributed by atoms with Gasteiger partial charge in [-0.05, 0) is 222 Å². The van der Waals surface area contributed by atoms with Crippen LogP contribution in [0.3, 0.4) is 0 Å². The van der Waals surface area contributed by atoms with Gasteiger partial charge in [0.1, 0.15) is 45.3 Å². The fourth-order valence-electron chi connectivity index (χ4n) is 17.7. The lowest BCUT2D eigenvalue weighted by atomic mass is 9.80. The summed E-state index contributed by atoms with van der Waals surface area (Å²) in [6, 6.07) is 47.3. The minimum atomic E-state index is -3.69. The average molecular weight is 1550 g/mol. The molecule has 6 unspecified atom stereocenters. The number of para-hydroxylation sites is 3. The second-order valence-electron chi connectivity index (χ2n) is 32.9. The molecule has 15 rings (SSSR count). The SMILES string of the molecule is CC(C)(C)OC(=O)N1C2CCC1CC1(C=C(OS(C)(=O)=O)c3ccccc3O1)C2.CCN(CC)C(=O)c1ccc(B(O)O)cc1.CCN(CC)C(=O)c1ccc(C2=CC3(CC4CCC(C3)N4)Oc3ccccc32)cc1.CCN(CC)C(=O)c1ccc(C2=CC3(CC4CCC(C3)N4C(=O)OC(C)(C)C)Oc3ccccc32)cc1. The van der Waals surface area contributed by atoms with E-state index in [0.29, 0.717) is 84.8 Å². The van der Waals surface area contributed by atoms with E-state index in [2.05, 4.69) is 59.9 Å². The van der Waals surface area contributed by atoms with E-state index in [-0.39, 0.29) is 59.7 Å². The van der Waals surface area contributed by atoms with Gasteiger partial charge < -0.3 is 67.7 Å². The van der Waals surface area contributed by atoms with E-state index in [9.17, 15) is 32.4 Å². The van der Waals surface area contributed by atoms with Gasteiger partial charge in [-0.25, -0.2) is 9.59 Å². The Balaban J connectivity index is 0.000000143. The Morgan fingerprint density at radius 3 is 1.10 bits per heavy atom. The second kappa shape index (κ2) is 33.7. The smallest absolute Gasteiger partial charge is 0.482 e. The number of piperidine rings is 3. The summed E-state index contributed by atoms with van der Waals surface area (Å²) in [7, 11) is -5.17. The van der Waals surface area contributed by atoms with Crippen molar-refractivity contribution in [3.05, 3.63) is 208 Å². The molecule has 21 nitrogen and oxygen atoms in total. The van der Waals surface area contributed by atoms with Crippen LogP contribution in [0.5, 0.6) is 17.2 Å². The van der Waals surface area contributed by atoms with Crippen molar-refractivity contribution in [3.63, 3.8) is 0 Å². The number of fused-ring (bicyclic) bond motifs is 9. The molecule has 0 aromatic heterocycles. The Morgan fingerprint density at radius 2 is 0.768 bits per heavy atom. The summed E-state index contributed by atoms with van der Waals surface area (Å²) in [5.74, 6) is 2.84. The van der Waals surface area contributed by atoms with Crippen LogP contribution in [0.1, 0.15) is 219 Å². The number of rotatable bonds is 14. The van der Waals surface area contributed by atoms with Gasteiger partial charge in [-0.15, -0.1) is 0 Å². The van der Waals surface area contributed by atoms with Crippen molar-refractivity contribution in [3.8, 4) is 17.2 Å². The summed E-state index contributed by atoms with van der Waals surface area (Å²) in [6.07, 6.45) is 17.7. The Morgan fingerprint density at radius 1 is 0.455 bits per heavy atom. The summed E-state index contributed by atoms with van der Waals surface area (Å²) in [6.45, 7) is 27.4. The van der Waals surface area contributed by atoms with Gasteiger partial charge in [-0.3, -0.25) is 14.4 Å². The lowest BCUT2D eigenvalue weighted by Crippen LogP contribution is -2.56. The highest BCUT2D eigenvalue weighted by molar-refractivity contribution is 7.86. The first-order valence-electron chi connectivity index (χ1n) is 40.0. The number of nitrogens with zero attached hydrogens (tertiary/aromatic N) is 5. The molecule has 0 aliphatic carbocycles. The highest BCUT2D eigenvalue weighted by Crippen LogP contribution is 2.52. The van der Waals surface area contributed by atoms with Crippen LogP contribution in [0.15, 0.2) is 164 Å². The van der Waals surface area contributed by atoms with Crippen molar-refractivity contribution in [2.24, 2.45) is 0 Å². The molecule has 6 bridgehead atoms. The maximum Gasteiger partial charge on any atom is 0.488 e. The molecular formula is C89H111BN6O15S. The van der Waals surface area contributed by atoms with E-state index in [1.54, 1.807) is 41.3 Å². The molecule has 6 aromatic rings. The molecule has 3 spiro atoms. The predicted molar refractivity (Wildman–Crippen MR) is 436 cm³/mol. The normalized spacial score (nSPS) is 23.9. The molecule has 0 saturated carbocycles. The van der Waals surface area contributed by atoms with Crippen LogP contribution in [0.25, 0.3) is 16.9 Å². The molecule has 9 aliphatic heterocycles. The standard InChI is InChI=1S/C31H38N2O4.C26H30N2O2.C21H27NO6S.C11H16BNO3/c1-6-32(7-2)28(34)22-14-12-21(13-15-22)26-20-31(36-27-11-9-8-10-25(26)27)18-23-16-17-24(19-31)33(23)29(35)37-30(3,4)5;1-3-28(4-2)25(29)19-11-9-18(10-12-19)23-17-26(15-20-13-14-21(16-26)27-20)30-24-8-6-5-7-22(23)24;1-20(2,3)27-19(23)22-14-9-10-15(22)12-21(11-14)13-18(28-29(4,24)25)16-7-5-6-8-17(16)26-21;1-3-13(4-2)11(14)9-5-7-10(8-6-9)12(15)16/h8-15,20,23-24H,6-7,16-19H2,1-5H3;5-12,17,20-21,27H,3-4,13-16H2,1-2H3;5-8,13-15H,9-12H2,1-4H3;5-8,15-16H,3-4H2,1-2H3. The minimum absolute atomic E-state index is 0.0235. The molecule has 23 heteroatoms. The van der Waals surface area contributed by atoms with Crippen LogP contribution in [0, 0.1) is 0 Å². The maximum absolute atomic E-state index is 13.0. The van der Waals surface area contributed by atoms with Crippen LogP contribution >= 0.6 is 0 Å². The third-order valence-electron chi connectivity index (χ3n) is 22.7. The topological polar surface area (TPSA) is 244 Å². The lowest BCUT2D eigenvalue weighted by Gasteiger charge is -2.47. The summed E-state index contributed by atoms with van der Waals surface area (Å²) in [5, 5.41) is 21.6. The molecule has 0 radical (unpaired) electrons. The monoisotopic (exact) mass is 1550 g/mol. The quantitative estimate of drug-likeness (QED) is 0.0678. The predicted octanol–water partition coefficient (Wildman–Crippen LogP) is 14.5. The molecule has 6 fully saturated rings. The molecule has 112 heavy (non-hydrogen) atoms. The summed E-state index contributed by atoms with van der Waals surface area (Å²) in [5.41, 5.74) is 7.25. The molecule has 6 aromatic carbocycles. The second-order valence-corrected chi connectivity index (χ2v) is 34.5. The first-order chi connectivity index (χ1) is 53.3. The Kier molecular flexibility index (Phi) is 24.7. The van der Waals surface area contributed by atoms with Crippen molar-refractivity contribution in [1.29, 1.82) is 0 Å². The number of ether oxygens (including phenoxy) is 5. The third kappa shape index (κ3) is 18.6. The van der Waals surface area contributed by atoms with Crippen molar-refractivity contribution in [1.82, 2.24) is 29.8 Å². The highest BCUT2D eigenvalue weighted by Gasteiger charge is 2.55. The molecule has 3 N–H and O–H groups in total. The van der Waals surface area contributed by atoms with E-state index in [1.165, 1.54) is 18.4 Å². The van der Waals surface area contributed by atoms with Crippen LogP contribution in [-0.4, -0.2) is 190 Å². The average Bonchev–Trinajstić information content (AvgIpc) is 1.32. The van der Waals surface area contributed by atoms with E-state index < -0.39 is 39.6 Å². The number of amides is 5. The molecule has 9 heterocycles. The number of carbonyl (C=O) groups excluding carboxylic acids is 5. The van der Waals surface area contributed by atoms with Crippen molar-refractivity contribution in [2.45, 2.75) is 224 Å². The number of nitrogens with one attached hydrogen (secondary N) is 1. The largest absolute Gasteiger partial charge is 0.488 e. The van der Waals surface area contributed by atoms with E-state index in [4.69, 9.17) is 37.9 Å². The molecular weight excluding hydrogens is 1440 g/mol. The number of hydrogen-bond acceptors (Lipinski definition) is 16. The number of benzene rings is 6. The summed E-state index contributed by atoms with van der Waals surface area (Å²) in [4.78, 5) is 72.4. The van der Waals surface area contributed by atoms with Crippen LogP contribution in [0.2, 0.25) is 0 Å². The fourth-order valence-corrected chi connectivity index (χ4v) is 18.2. The Bertz CT molecular complexity index is 4570. The number of hydrogen-bond donors (Lipinski definition) is 3. The zero-order valence-corrected chi connectivity index (χ0v) is 68.0. The van der Waals surface area contributed by atoms with Crippen molar-refractivity contribution >= 4 is 69.5 Å². The van der Waals surface area contributed by atoms with Crippen LogP contribution in [0.4, 0.5) is 9.59 Å². The first kappa shape index (κ1) is 82.1. The van der Waals surface area contributed by atoms with Crippen molar-refractivity contribution < 1.29 is 70.3 Å². The summed E-state index contributed by atoms with van der Waals surface area (Å²) < 4.78 is 60.1. The molecule has 6 saturated heterocycles. The zero-order chi connectivity index (χ0) is 80.2. The van der Waals surface area contributed by atoms with Crippen LogP contribution < -0.4 is 25.0 Å². The lowest BCUT2D eigenvalue weighted by molar-refractivity contribution is -0.0277. The number of carbonyl (C=O) groups is 5. The zero-order valence-electron chi connectivity index (χ0n) is 67.2. The van der Waals surface area contributed by atoms with Crippen LogP contribution in [-0.2, 0) is 23.8 Å². The van der Waals surface area contributed by atoms with Gasteiger partial charge >= 0.3 is 29.4 Å². The van der Waals surface area contributed by atoms with Gasteiger partial charge in [0, 0.05) is 148 Å². The minimum Gasteiger partial charge on any atom is -0.482 e. The maximum atomic E-state index is 13.0.